The summed E-state index contributed by atoms with van der Waals surface area (Å²) >= 11 is 0. The van der Waals surface area contributed by atoms with Gasteiger partial charge in [0.2, 0.25) is 5.91 Å². The van der Waals surface area contributed by atoms with E-state index in [1.54, 1.807) is 0 Å². The number of amides is 3. The zero-order chi connectivity index (χ0) is 14.0. The summed E-state index contributed by atoms with van der Waals surface area (Å²) in [7, 11) is 1.49. The topological polar surface area (TPSA) is 61.4 Å². The van der Waals surface area contributed by atoms with E-state index in [-0.39, 0.29) is 11.9 Å². The number of imide groups is 1. The third kappa shape index (κ3) is 2.54. The second kappa shape index (κ2) is 5.30. The van der Waals surface area contributed by atoms with Crippen molar-refractivity contribution in [3.63, 3.8) is 0 Å². The van der Waals surface area contributed by atoms with Gasteiger partial charge in [0.15, 0.2) is 0 Å². The molecule has 5 heteroatoms. The minimum Gasteiger partial charge on any atom is -0.359 e. The fourth-order valence-corrected chi connectivity index (χ4v) is 2.44. The summed E-state index contributed by atoms with van der Waals surface area (Å²) in [4.78, 5) is 25.2. The summed E-state index contributed by atoms with van der Waals surface area (Å²) in [5.74, 6) is 0.106. The van der Waals surface area contributed by atoms with E-state index in [1.807, 2.05) is 30.0 Å². The Morgan fingerprint density at radius 1 is 1.37 bits per heavy atom. The molecule has 0 fully saturated rings. The molecule has 0 aromatic heterocycles. The van der Waals surface area contributed by atoms with Gasteiger partial charge in [0.25, 0.3) is 0 Å². The van der Waals surface area contributed by atoms with Crippen LogP contribution >= 0.6 is 0 Å². The molecule has 0 bridgehead atoms. The van der Waals surface area contributed by atoms with Crippen LogP contribution in [0.5, 0.6) is 0 Å². The molecule has 2 unspecified atom stereocenters. The second-order valence-electron chi connectivity index (χ2n) is 4.86. The van der Waals surface area contributed by atoms with E-state index in [4.69, 9.17) is 0 Å². The van der Waals surface area contributed by atoms with Crippen LogP contribution in [0.15, 0.2) is 24.3 Å². The summed E-state index contributed by atoms with van der Waals surface area (Å²) in [6.07, 6.45) is 0. The van der Waals surface area contributed by atoms with Gasteiger partial charge in [-0.2, -0.15) is 0 Å². The number of carbonyl (C=O) groups is 2. The number of anilines is 1. The molecular formula is C14H19N3O2. The fourth-order valence-electron chi connectivity index (χ4n) is 2.44. The highest BCUT2D eigenvalue weighted by Crippen LogP contribution is 2.36. The van der Waals surface area contributed by atoms with Crippen molar-refractivity contribution in [2.75, 3.05) is 18.5 Å². The van der Waals surface area contributed by atoms with E-state index in [0.29, 0.717) is 5.92 Å². The van der Waals surface area contributed by atoms with E-state index >= 15 is 0 Å². The number of nitrogens with zero attached hydrogens (tertiary/aromatic N) is 1. The van der Waals surface area contributed by atoms with Crippen molar-refractivity contribution in [1.29, 1.82) is 0 Å². The van der Waals surface area contributed by atoms with Gasteiger partial charge in [-0.1, -0.05) is 25.1 Å². The molecule has 0 spiro atoms. The van der Waals surface area contributed by atoms with Gasteiger partial charge in [-0.15, -0.1) is 0 Å². The number of carbonyl (C=O) groups excluding carboxylic acids is 2. The van der Waals surface area contributed by atoms with Gasteiger partial charge in [0.1, 0.15) is 6.04 Å². The smallest absolute Gasteiger partial charge is 0.321 e. The Kier molecular flexibility index (Phi) is 3.74. The maximum Gasteiger partial charge on any atom is 0.321 e. The van der Waals surface area contributed by atoms with E-state index in [1.165, 1.54) is 12.6 Å². The Morgan fingerprint density at radius 3 is 2.74 bits per heavy atom. The molecule has 1 aromatic carbocycles. The first-order valence-corrected chi connectivity index (χ1v) is 6.42. The Hall–Kier alpha value is -2.04. The first kappa shape index (κ1) is 13.4. The number of urea groups is 1. The number of rotatable bonds is 2. The molecule has 1 aliphatic heterocycles. The zero-order valence-electron chi connectivity index (χ0n) is 11.4. The summed E-state index contributed by atoms with van der Waals surface area (Å²) in [5.41, 5.74) is 2.33. The lowest BCUT2D eigenvalue weighted by Crippen LogP contribution is -2.48. The average molecular weight is 261 g/mol. The summed E-state index contributed by atoms with van der Waals surface area (Å²) in [6.45, 7) is 4.75. The van der Waals surface area contributed by atoms with Crippen LogP contribution in [0.1, 0.15) is 25.3 Å². The molecule has 3 amide bonds. The van der Waals surface area contributed by atoms with Crippen molar-refractivity contribution in [2.45, 2.75) is 25.8 Å². The lowest BCUT2D eigenvalue weighted by molar-refractivity contribution is -0.120. The molecule has 1 aromatic rings. The second-order valence-corrected chi connectivity index (χ2v) is 4.86. The maximum atomic E-state index is 12.0. The molecule has 0 radical (unpaired) electrons. The molecule has 0 saturated carbocycles. The van der Waals surface area contributed by atoms with Crippen LogP contribution in [-0.2, 0) is 4.79 Å². The van der Waals surface area contributed by atoms with E-state index < -0.39 is 6.03 Å². The average Bonchev–Trinajstić information content (AvgIpc) is 2.75. The van der Waals surface area contributed by atoms with Gasteiger partial charge >= 0.3 is 6.03 Å². The minimum atomic E-state index is -0.475. The van der Waals surface area contributed by atoms with Crippen molar-refractivity contribution >= 4 is 17.6 Å². The maximum absolute atomic E-state index is 12.0. The number of para-hydroxylation sites is 1. The van der Waals surface area contributed by atoms with Gasteiger partial charge in [-0.25, -0.2) is 4.79 Å². The van der Waals surface area contributed by atoms with Gasteiger partial charge in [-0.3, -0.25) is 10.1 Å². The molecule has 1 heterocycles. The van der Waals surface area contributed by atoms with Crippen LogP contribution in [-0.4, -0.2) is 31.6 Å². The highest BCUT2D eigenvalue weighted by atomic mass is 16.2. The molecule has 102 valence electrons. The van der Waals surface area contributed by atoms with Crippen molar-refractivity contribution in [3.05, 3.63) is 29.8 Å². The molecular weight excluding hydrogens is 242 g/mol. The van der Waals surface area contributed by atoms with Crippen molar-refractivity contribution in [1.82, 2.24) is 10.6 Å². The standard InChI is InChI=1S/C14H19N3O2/c1-9-8-17(12-7-5-4-6-11(9)12)10(2)13(18)16-14(19)15-3/h4-7,9-10H,8H2,1-3H3,(H2,15,16,18,19). The third-order valence-corrected chi connectivity index (χ3v) is 3.56. The Morgan fingerprint density at radius 2 is 2.05 bits per heavy atom. The third-order valence-electron chi connectivity index (χ3n) is 3.56. The molecule has 0 aliphatic carbocycles. The van der Waals surface area contributed by atoms with Gasteiger partial charge in [-0.05, 0) is 18.6 Å². The Labute approximate surface area is 113 Å². The van der Waals surface area contributed by atoms with Crippen LogP contribution in [0.4, 0.5) is 10.5 Å². The van der Waals surface area contributed by atoms with Gasteiger partial charge < -0.3 is 10.2 Å². The lowest BCUT2D eigenvalue weighted by atomic mass is 10.0. The zero-order valence-corrected chi connectivity index (χ0v) is 11.4. The van der Waals surface area contributed by atoms with Crippen LogP contribution in [0.3, 0.4) is 0 Å². The Bertz CT molecular complexity index is 501. The molecule has 5 nitrogen and oxygen atoms in total. The van der Waals surface area contributed by atoms with Crippen LogP contribution in [0, 0.1) is 0 Å². The highest BCUT2D eigenvalue weighted by molar-refractivity contribution is 5.98. The Balaban J connectivity index is 2.15. The molecule has 2 rings (SSSR count). The first-order valence-electron chi connectivity index (χ1n) is 6.42. The number of nitrogens with one attached hydrogen (secondary N) is 2. The first-order chi connectivity index (χ1) is 9.04. The molecule has 1 aliphatic rings. The largest absolute Gasteiger partial charge is 0.359 e. The SMILES string of the molecule is CNC(=O)NC(=O)C(C)N1CC(C)c2ccccc21. The molecule has 2 atom stereocenters. The number of hydrogen-bond acceptors (Lipinski definition) is 3. The van der Waals surface area contributed by atoms with Gasteiger partial charge in [0.05, 0.1) is 0 Å². The minimum absolute atomic E-state index is 0.289. The summed E-state index contributed by atoms with van der Waals surface area (Å²) in [6, 6.07) is 7.23. The molecule has 19 heavy (non-hydrogen) atoms. The predicted octanol–water partition coefficient (Wildman–Crippen LogP) is 1.45. The van der Waals surface area contributed by atoms with Crippen molar-refractivity contribution in [2.24, 2.45) is 0 Å². The van der Waals surface area contributed by atoms with E-state index in [2.05, 4.69) is 23.6 Å². The lowest BCUT2D eigenvalue weighted by Gasteiger charge is -2.26. The van der Waals surface area contributed by atoms with Crippen LogP contribution in [0.25, 0.3) is 0 Å². The highest BCUT2D eigenvalue weighted by Gasteiger charge is 2.31. The van der Waals surface area contributed by atoms with Crippen LogP contribution < -0.4 is 15.5 Å². The quantitative estimate of drug-likeness (QED) is 0.847. The monoisotopic (exact) mass is 261 g/mol. The van der Waals surface area contributed by atoms with E-state index in [0.717, 1.165) is 12.2 Å². The van der Waals surface area contributed by atoms with Crippen LogP contribution in [0.2, 0.25) is 0 Å². The number of fused-ring (bicyclic) bond motifs is 1. The normalized spacial score (nSPS) is 18.7. The van der Waals surface area contributed by atoms with Crippen molar-refractivity contribution < 1.29 is 9.59 Å². The summed E-state index contributed by atoms with van der Waals surface area (Å²) < 4.78 is 0. The summed E-state index contributed by atoms with van der Waals surface area (Å²) in [5, 5.41) is 4.70. The fraction of sp³-hybridized carbons (Fsp3) is 0.429. The van der Waals surface area contributed by atoms with E-state index in [9.17, 15) is 9.59 Å². The predicted molar refractivity (Wildman–Crippen MR) is 74.3 cm³/mol. The number of hydrogen-bond donors (Lipinski definition) is 2. The van der Waals surface area contributed by atoms with Gasteiger partial charge in [0, 0.05) is 25.2 Å². The molecule has 0 saturated heterocycles. The number of benzene rings is 1. The van der Waals surface area contributed by atoms with Crippen molar-refractivity contribution in [3.8, 4) is 0 Å². The molecule has 2 N–H and O–H groups in total.